The number of nitrogens with one attached hydrogen (secondary N) is 1. The molecule has 0 saturated carbocycles. The lowest BCUT2D eigenvalue weighted by molar-refractivity contribution is 0.0695. The van der Waals surface area contributed by atoms with Crippen LogP contribution >= 0.6 is 0 Å². The van der Waals surface area contributed by atoms with Crippen LogP contribution in [0.25, 0.3) is 0 Å². The van der Waals surface area contributed by atoms with E-state index in [0.717, 1.165) is 5.56 Å². The molecule has 20 heavy (non-hydrogen) atoms. The van der Waals surface area contributed by atoms with Gasteiger partial charge < -0.3 is 14.9 Å². The number of carbonyl (C=O) groups excluding carboxylic acids is 1. The molecule has 0 unspecified atom stereocenters. The van der Waals surface area contributed by atoms with Gasteiger partial charge in [0.2, 0.25) is 5.89 Å². The topological polar surface area (TPSA) is 105 Å². The van der Waals surface area contributed by atoms with Gasteiger partial charge in [-0.15, -0.1) is 0 Å². The van der Waals surface area contributed by atoms with Crippen LogP contribution in [0, 0.1) is 20.8 Å². The number of aromatic carboxylic acids is 1. The third kappa shape index (κ3) is 2.66. The minimum absolute atomic E-state index is 0.0994. The molecular weight excluding hydrogens is 262 g/mol. The number of rotatable bonds is 3. The summed E-state index contributed by atoms with van der Waals surface area (Å²) in [5, 5.41) is 15.2. The van der Waals surface area contributed by atoms with Gasteiger partial charge in [0.1, 0.15) is 0 Å². The first-order chi connectivity index (χ1) is 9.38. The maximum atomic E-state index is 11.9. The van der Waals surface area contributed by atoms with E-state index in [9.17, 15) is 9.59 Å². The summed E-state index contributed by atoms with van der Waals surface area (Å²) in [4.78, 5) is 26.8. The van der Waals surface area contributed by atoms with E-state index in [4.69, 9.17) is 9.63 Å². The van der Waals surface area contributed by atoms with Crippen molar-refractivity contribution < 1.29 is 19.2 Å². The lowest BCUT2D eigenvalue weighted by Gasteiger charge is -2.09. The zero-order chi connectivity index (χ0) is 14.9. The third-order valence-electron chi connectivity index (χ3n) is 2.89. The number of hydrogen-bond acceptors (Lipinski definition) is 5. The summed E-state index contributed by atoms with van der Waals surface area (Å²) in [6.07, 6.45) is 0. The average molecular weight is 275 g/mol. The van der Waals surface area contributed by atoms with Gasteiger partial charge >= 0.3 is 5.97 Å². The molecule has 0 atom stereocenters. The molecule has 7 nitrogen and oxygen atoms in total. The summed E-state index contributed by atoms with van der Waals surface area (Å²) in [5.41, 5.74) is 1.94. The quantitative estimate of drug-likeness (QED) is 0.886. The Morgan fingerprint density at radius 1 is 1.25 bits per heavy atom. The first kappa shape index (κ1) is 13.7. The Labute approximate surface area is 114 Å². The van der Waals surface area contributed by atoms with Crippen LogP contribution in [0.15, 0.2) is 16.7 Å². The van der Waals surface area contributed by atoms with E-state index < -0.39 is 11.9 Å². The second kappa shape index (κ2) is 5.12. The van der Waals surface area contributed by atoms with Gasteiger partial charge in [0.25, 0.3) is 11.7 Å². The lowest BCUT2D eigenvalue weighted by Crippen LogP contribution is -2.15. The summed E-state index contributed by atoms with van der Waals surface area (Å²) >= 11 is 0. The molecule has 7 heteroatoms. The van der Waals surface area contributed by atoms with Crippen molar-refractivity contribution in [3.8, 4) is 0 Å². The molecule has 2 aromatic rings. The number of aromatic nitrogens is 2. The Kier molecular flexibility index (Phi) is 3.51. The van der Waals surface area contributed by atoms with Gasteiger partial charge in [0.05, 0.1) is 5.56 Å². The number of carboxylic acid groups (broad SMARTS) is 1. The predicted molar refractivity (Wildman–Crippen MR) is 69.9 cm³/mol. The first-order valence-corrected chi connectivity index (χ1v) is 5.84. The standard InChI is InChI=1S/C13H13N3O4/c1-6-4-9(5-10(7(6)2)13(18)19)15-12(17)11-14-8(3)20-16-11/h4-5H,1-3H3,(H,15,17)(H,18,19). The van der Waals surface area contributed by atoms with Crippen LogP contribution in [0.3, 0.4) is 0 Å². The largest absolute Gasteiger partial charge is 0.478 e. The van der Waals surface area contributed by atoms with Gasteiger partial charge in [-0.1, -0.05) is 5.16 Å². The molecular formula is C13H13N3O4. The van der Waals surface area contributed by atoms with E-state index in [0.29, 0.717) is 11.3 Å². The maximum absolute atomic E-state index is 11.9. The number of carbonyl (C=O) groups is 2. The van der Waals surface area contributed by atoms with E-state index in [1.165, 1.54) is 6.07 Å². The molecule has 0 saturated heterocycles. The fraction of sp³-hybridized carbons (Fsp3) is 0.231. The normalized spacial score (nSPS) is 10.3. The Morgan fingerprint density at radius 3 is 2.50 bits per heavy atom. The number of anilines is 1. The Bertz CT molecular complexity index is 691. The van der Waals surface area contributed by atoms with Crippen LogP contribution in [0.4, 0.5) is 5.69 Å². The first-order valence-electron chi connectivity index (χ1n) is 5.84. The van der Waals surface area contributed by atoms with Crippen molar-refractivity contribution in [1.29, 1.82) is 0 Å². The summed E-state index contributed by atoms with van der Waals surface area (Å²) < 4.78 is 4.71. The Balaban J connectivity index is 2.30. The van der Waals surface area contributed by atoms with Crippen LogP contribution in [0.5, 0.6) is 0 Å². The summed E-state index contributed by atoms with van der Waals surface area (Å²) in [7, 11) is 0. The summed E-state index contributed by atoms with van der Waals surface area (Å²) in [6.45, 7) is 5.06. The molecule has 0 aliphatic rings. The molecule has 0 radical (unpaired) electrons. The van der Waals surface area contributed by atoms with Gasteiger partial charge in [-0.3, -0.25) is 4.79 Å². The second-order valence-corrected chi connectivity index (χ2v) is 4.36. The predicted octanol–water partition coefficient (Wildman–Crippen LogP) is 1.95. The van der Waals surface area contributed by atoms with Gasteiger partial charge in [0.15, 0.2) is 0 Å². The van der Waals surface area contributed by atoms with Crippen molar-refractivity contribution in [1.82, 2.24) is 10.1 Å². The Morgan fingerprint density at radius 2 is 1.95 bits per heavy atom. The number of amides is 1. The molecule has 0 spiro atoms. The van der Waals surface area contributed by atoms with Gasteiger partial charge in [-0.25, -0.2) is 4.79 Å². The molecule has 1 heterocycles. The molecule has 0 aliphatic heterocycles. The second-order valence-electron chi connectivity index (χ2n) is 4.36. The smallest absolute Gasteiger partial charge is 0.336 e. The SMILES string of the molecule is Cc1nc(C(=O)Nc2cc(C)c(C)c(C(=O)O)c2)no1. The monoisotopic (exact) mass is 275 g/mol. The molecule has 2 N–H and O–H groups in total. The summed E-state index contributed by atoms with van der Waals surface area (Å²) in [6, 6.07) is 3.09. The molecule has 0 bridgehead atoms. The molecule has 2 rings (SSSR count). The van der Waals surface area contributed by atoms with Gasteiger partial charge in [-0.05, 0) is 37.1 Å². The highest BCUT2D eigenvalue weighted by Crippen LogP contribution is 2.20. The van der Waals surface area contributed by atoms with E-state index in [1.54, 1.807) is 26.8 Å². The minimum Gasteiger partial charge on any atom is -0.478 e. The van der Waals surface area contributed by atoms with Crippen molar-refractivity contribution in [2.24, 2.45) is 0 Å². The molecule has 1 aromatic heterocycles. The van der Waals surface area contributed by atoms with Crippen LogP contribution in [0.1, 0.15) is 38.0 Å². The fourth-order valence-electron chi connectivity index (χ4n) is 1.73. The van der Waals surface area contributed by atoms with Crippen molar-refractivity contribution in [2.45, 2.75) is 20.8 Å². The van der Waals surface area contributed by atoms with E-state index in [2.05, 4.69) is 15.5 Å². The summed E-state index contributed by atoms with van der Waals surface area (Å²) in [5.74, 6) is -1.42. The Hall–Kier alpha value is -2.70. The van der Waals surface area contributed by atoms with Crippen molar-refractivity contribution in [3.05, 3.63) is 40.5 Å². The molecule has 0 fully saturated rings. The van der Waals surface area contributed by atoms with Crippen molar-refractivity contribution >= 4 is 17.6 Å². The zero-order valence-corrected chi connectivity index (χ0v) is 11.2. The van der Waals surface area contributed by atoms with Gasteiger partial charge in [0, 0.05) is 12.6 Å². The van der Waals surface area contributed by atoms with Crippen LogP contribution in [0.2, 0.25) is 0 Å². The zero-order valence-electron chi connectivity index (χ0n) is 11.2. The molecule has 0 aliphatic carbocycles. The number of aryl methyl sites for hydroxylation is 2. The maximum Gasteiger partial charge on any atom is 0.336 e. The molecule has 104 valence electrons. The van der Waals surface area contributed by atoms with Crippen LogP contribution in [-0.2, 0) is 0 Å². The van der Waals surface area contributed by atoms with Crippen LogP contribution in [-0.4, -0.2) is 27.1 Å². The van der Waals surface area contributed by atoms with Crippen molar-refractivity contribution in [2.75, 3.05) is 5.32 Å². The van der Waals surface area contributed by atoms with Gasteiger partial charge in [-0.2, -0.15) is 4.98 Å². The highest BCUT2D eigenvalue weighted by Gasteiger charge is 2.16. The highest BCUT2D eigenvalue weighted by molar-refractivity contribution is 6.02. The number of nitrogens with zero attached hydrogens (tertiary/aromatic N) is 2. The fourth-order valence-corrected chi connectivity index (χ4v) is 1.73. The van der Waals surface area contributed by atoms with E-state index in [-0.39, 0.29) is 17.3 Å². The minimum atomic E-state index is -1.04. The molecule has 1 amide bonds. The average Bonchev–Trinajstić information content (AvgIpc) is 2.80. The number of carboxylic acids is 1. The number of benzene rings is 1. The van der Waals surface area contributed by atoms with Crippen LogP contribution < -0.4 is 5.32 Å². The third-order valence-corrected chi connectivity index (χ3v) is 2.89. The highest BCUT2D eigenvalue weighted by atomic mass is 16.5. The van der Waals surface area contributed by atoms with E-state index in [1.807, 2.05) is 0 Å². The van der Waals surface area contributed by atoms with E-state index >= 15 is 0 Å². The van der Waals surface area contributed by atoms with Crippen molar-refractivity contribution in [3.63, 3.8) is 0 Å². The molecule has 1 aromatic carbocycles. The number of hydrogen-bond donors (Lipinski definition) is 2. The lowest BCUT2D eigenvalue weighted by atomic mass is 10.0.